The van der Waals surface area contributed by atoms with E-state index in [1.807, 2.05) is 30.0 Å². The lowest BCUT2D eigenvalue weighted by Crippen LogP contribution is -2.15. The van der Waals surface area contributed by atoms with Crippen LogP contribution in [0.5, 0.6) is 5.75 Å². The van der Waals surface area contributed by atoms with Gasteiger partial charge < -0.3 is 14.5 Å². The van der Waals surface area contributed by atoms with Gasteiger partial charge in [-0.3, -0.25) is 4.79 Å². The first kappa shape index (κ1) is 23.7. The second kappa shape index (κ2) is 10.6. The standard InChI is InChI=1S/C24H24N2O4S3/c1-14(2)31-8-9-32-24-26-19-7-4-16(12-21(19)33-24)25-22(27)10-15-11-23(28)30-20-13-17(29-3)5-6-18(15)20/h4-7,11-14H,8-10H2,1-3H3,(H,25,27). The monoisotopic (exact) mass is 500 g/mol. The molecule has 0 radical (unpaired) electrons. The van der Waals surface area contributed by atoms with Crippen LogP contribution in [0, 0.1) is 0 Å². The Morgan fingerprint density at radius 3 is 2.82 bits per heavy atom. The summed E-state index contributed by atoms with van der Waals surface area (Å²) in [7, 11) is 1.55. The van der Waals surface area contributed by atoms with Gasteiger partial charge in [-0.25, -0.2) is 9.78 Å². The number of fused-ring (bicyclic) bond motifs is 2. The molecule has 0 aliphatic heterocycles. The van der Waals surface area contributed by atoms with E-state index in [1.165, 1.54) is 6.07 Å². The quantitative estimate of drug-likeness (QED) is 0.176. The highest BCUT2D eigenvalue weighted by Crippen LogP contribution is 2.32. The molecule has 2 aromatic carbocycles. The molecule has 0 unspecified atom stereocenters. The van der Waals surface area contributed by atoms with Crippen molar-refractivity contribution < 1.29 is 13.9 Å². The molecule has 0 fully saturated rings. The average Bonchev–Trinajstić information content (AvgIpc) is 3.18. The smallest absolute Gasteiger partial charge is 0.336 e. The Kier molecular flexibility index (Phi) is 7.62. The highest BCUT2D eigenvalue weighted by atomic mass is 32.2. The van der Waals surface area contributed by atoms with Gasteiger partial charge in [-0.15, -0.1) is 11.3 Å². The molecule has 4 aromatic rings. The molecule has 0 bridgehead atoms. The van der Waals surface area contributed by atoms with E-state index < -0.39 is 5.63 Å². The third-order valence-corrected chi connectivity index (χ3v) is 8.33. The van der Waals surface area contributed by atoms with Crippen molar-refractivity contribution in [2.24, 2.45) is 0 Å². The van der Waals surface area contributed by atoms with Crippen molar-refractivity contribution in [1.82, 2.24) is 4.98 Å². The Labute approximate surface area is 204 Å². The maximum atomic E-state index is 12.7. The van der Waals surface area contributed by atoms with Crippen LogP contribution in [0.4, 0.5) is 5.69 Å². The molecule has 0 saturated carbocycles. The normalized spacial score (nSPS) is 11.4. The van der Waals surface area contributed by atoms with Crippen LogP contribution in [0.25, 0.3) is 21.2 Å². The van der Waals surface area contributed by atoms with E-state index in [1.54, 1.807) is 48.4 Å². The van der Waals surface area contributed by atoms with Crippen LogP contribution in [0.1, 0.15) is 19.4 Å². The van der Waals surface area contributed by atoms with Gasteiger partial charge in [0.1, 0.15) is 11.3 Å². The number of amides is 1. The molecule has 33 heavy (non-hydrogen) atoms. The van der Waals surface area contributed by atoms with Gasteiger partial charge in [0, 0.05) is 34.7 Å². The predicted molar refractivity (Wildman–Crippen MR) is 139 cm³/mol. The first-order chi connectivity index (χ1) is 15.9. The predicted octanol–water partition coefficient (Wildman–Crippen LogP) is 5.83. The van der Waals surface area contributed by atoms with Crippen molar-refractivity contribution in [1.29, 1.82) is 0 Å². The molecule has 1 amide bonds. The molecule has 4 rings (SSSR count). The summed E-state index contributed by atoms with van der Waals surface area (Å²) in [5.41, 5.74) is 2.14. The van der Waals surface area contributed by atoms with Gasteiger partial charge in [0.15, 0.2) is 4.34 Å². The Balaban J connectivity index is 1.45. The summed E-state index contributed by atoms with van der Waals surface area (Å²) in [6, 6.07) is 12.3. The summed E-state index contributed by atoms with van der Waals surface area (Å²) in [5.74, 6) is 2.50. The number of aromatic nitrogens is 1. The van der Waals surface area contributed by atoms with E-state index in [9.17, 15) is 9.59 Å². The van der Waals surface area contributed by atoms with Gasteiger partial charge in [0.05, 0.1) is 23.7 Å². The minimum atomic E-state index is -0.499. The van der Waals surface area contributed by atoms with E-state index in [0.29, 0.717) is 33.2 Å². The zero-order valence-electron chi connectivity index (χ0n) is 18.5. The molecule has 2 aromatic heterocycles. The number of methoxy groups -OCH3 is 1. The number of nitrogens with one attached hydrogen (secondary N) is 1. The maximum Gasteiger partial charge on any atom is 0.336 e. The van der Waals surface area contributed by atoms with E-state index in [4.69, 9.17) is 9.15 Å². The third kappa shape index (κ3) is 6.10. The number of carbonyl (C=O) groups is 1. The molecule has 9 heteroatoms. The van der Waals surface area contributed by atoms with Crippen molar-refractivity contribution in [3.05, 3.63) is 58.4 Å². The fraction of sp³-hybridized carbons (Fsp3) is 0.292. The molecule has 0 atom stereocenters. The molecule has 6 nitrogen and oxygen atoms in total. The van der Waals surface area contributed by atoms with E-state index in [-0.39, 0.29) is 12.3 Å². The highest BCUT2D eigenvalue weighted by Gasteiger charge is 2.12. The van der Waals surface area contributed by atoms with Gasteiger partial charge in [0.2, 0.25) is 5.91 Å². The lowest BCUT2D eigenvalue weighted by molar-refractivity contribution is -0.115. The largest absolute Gasteiger partial charge is 0.497 e. The van der Waals surface area contributed by atoms with Gasteiger partial charge in [-0.2, -0.15) is 11.8 Å². The van der Waals surface area contributed by atoms with Crippen molar-refractivity contribution >= 4 is 67.6 Å². The summed E-state index contributed by atoms with van der Waals surface area (Å²) in [5, 5.41) is 4.28. The number of thioether (sulfide) groups is 2. The second-order valence-electron chi connectivity index (χ2n) is 7.61. The second-order valence-corrected chi connectivity index (χ2v) is 11.7. The molecular weight excluding hydrogens is 476 g/mol. The summed E-state index contributed by atoms with van der Waals surface area (Å²) < 4.78 is 12.5. The van der Waals surface area contributed by atoms with E-state index in [0.717, 1.165) is 26.1 Å². The number of ether oxygens (including phenoxy) is 1. The molecule has 0 aliphatic rings. The van der Waals surface area contributed by atoms with E-state index in [2.05, 4.69) is 24.1 Å². The van der Waals surface area contributed by atoms with Gasteiger partial charge in [-0.05, 0) is 41.1 Å². The Morgan fingerprint density at radius 1 is 1.18 bits per heavy atom. The molecular formula is C24H24N2O4S3. The zero-order valence-corrected chi connectivity index (χ0v) is 21.0. The highest BCUT2D eigenvalue weighted by molar-refractivity contribution is 8.04. The number of thiazole rings is 1. The zero-order chi connectivity index (χ0) is 23.4. The summed E-state index contributed by atoms with van der Waals surface area (Å²) in [4.78, 5) is 29.4. The van der Waals surface area contributed by atoms with Crippen LogP contribution < -0.4 is 15.7 Å². The molecule has 0 spiro atoms. The van der Waals surface area contributed by atoms with Crippen LogP contribution in [0.15, 0.2) is 56.0 Å². The molecule has 172 valence electrons. The lowest BCUT2D eigenvalue weighted by Gasteiger charge is -2.08. The number of benzene rings is 2. The number of hydrogen-bond donors (Lipinski definition) is 1. The number of hydrogen-bond acceptors (Lipinski definition) is 8. The average molecular weight is 501 g/mol. The number of carbonyl (C=O) groups excluding carboxylic acids is 1. The SMILES string of the molecule is COc1ccc2c(CC(=O)Nc3ccc4nc(SCCSC(C)C)sc4c3)cc(=O)oc2c1. The third-order valence-electron chi connectivity index (χ3n) is 4.80. The summed E-state index contributed by atoms with van der Waals surface area (Å²) in [6.45, 7) is 4.41. The fourth-order valence-corrected chi connectivity index (χ4v) is 6.34. The Bertz CT molecular complexity index is 1350. The van der Waals surface area contributed by atoms with Gasteiger partial charge in [0.25, 0.3) is 0 Å². The number of anilines is 1. The van der Waals surface area contributed by atoms with Crippen molar-refractivity contribution in [2.75, 3.05) is 23.9 Å². The van der Waals surface area contributed by atoms with Crippen LogP contribution in [0.2, 0.25) is 0 Å². The Hall–Kier alpha value is -2.49. The lowest BCUT2D eigenvalue weighted by atomic mass is 10.1. The van der Waals surface area contributed by atoms with Crippen LogP contribution >= 0.6 is 34.9 Å². The topological polar surface area (TPSA) is 81.4 Å². The van der Waals surface area contributed by atoms with Crippen molar-refractivity contribution in [3.63, 3.8) is 0 Å². The van der Waals surface area contributed by atoms with Gasteiger partial charge >= 0.3 is 5.63 Å². The van der Waals surface area contributed by atoms with Gasteiger partial charge in [-0.1, -0.05) is 25.6 Å². The van der Waals surface area contributed by atoms with Crippen LogP contribution in [0.3, 0.4) is 0 Å². The summed E-state index contributed by atoms with van der Waals surface area (Å²) in [6.07, 6.45) is 0.0593. The maximum absolute atomic E-state index is 12.7. The first-order valence-corrected chi connectivity index (χ1v) is 13.3. The molecule has 1 N–H and O–H groups in total. The first-order valence-electron chi connectivity index (χ1n) is 10.5. The molecule has 0 aliphatic carbocycles. The fourth-order valence-electron chi connectivity index (χ4n) is 3.32. The van der Waals surface area contributed by atoms with Crippen molar-refractivity contribution in [3.8, 4) is 5.75 Å². The minimum Gasteiger partial charge on any atom is -0.497 e. The Morgan fingerprint density at radius 2 is 2.03 bits per heavy atom. The minimum absolute atomic E-state index is 0.0593. The molecule has 0 saturated heterocycles. The number of rotatable bonds is 9. The van der Waals surface area contributed by atoms with Crippen LogP contribution in [-0.4, -0.2) is 34.8 Å². The van der Waals surface area contributed by atoms with E-state index >= 15 is 0 Å². The van der Waals surface area contributed by atoms with Crippen molar-refractivity contribution in [2.45, 2.75) is 29.9 Å². The summed E-state index contributed by atoms with van der Waals surface area (Å²) >= 11 is 5.35. The number of nitrogens with zero attached hydrogens (tertiary/aromatic N) is 1. The molecule has 2 heterocycles. The van der Waals surface area contributed by atoms with Crippen LogP contribution in [-0.2, 0) is 11.2 Å².